The largest absolute Gasteiger partial charge is 0.477 e. The Balaban J connectivity index is 1.88. The van der Waals surface area contributed by atoms with Gasteiger partial charge in [-0.1, -0.05) is 11.6 Å². The fourth-order valence-corrected chi connectivity index (χ4v) is 2.69. The van der Waals surface area contributed by atoms with Crippen molar-refractivity contribution in [1.29, 1.82) is 0 Å². The van der Waals surface area contributed by atoms with Gasteiger partial charge < -0.3 is 15.4 Å². The Morgan fingerprint density at radius 2 is 2.12 bits per heavy atom. The summed E-state index contributed by atoms with van der Waals surface area (Å²) in [5.41, 5.74) is -0.0842. The van der Waals surface area contributed by atoms with E-state index in [9.17, 15) is 14.4 Å². The van der Waals surface area contributed by atoms with Crippen molar-refractivity contribution in [1.82, 2.24) is 20.1 Å². The predicted octanol–water partition coefficient (Wildman–Crippen LogP) is 1.39. The summed E-state index contributed by atoms with van der Waals surface area (Å²) in [4.78, 5) is 37.5. The van der Waals surface area contributed by atoms with E-state index in [0.29, 0.717) is 21.5 Å². The highest BCUT2D eigenvalue weighted by atomic mass is 35.5. The number of hydrogen-bond acceptors (Lipinski definition) is 4. The average molecular weight is 361 g/mol. The molecule has 0 atom stereocenters. The number of hydrogen-bond donors (Lipinski definition) is 3. The molecule has 25 heavy (non-hydrogen) atoms. The first-order valence-electron chi connectivity index (χ1n) is 7.27. The van der Waals surface area contributed by atoms with Gasteiger partial charge in [0.05, 0.1) is 5.52 Å². The molecule has 0 spiro atoms. The van der Waals surface area contributed by atoms with Crippen molar-refractivity contribution in [2.75, 3.05) is 0 Å². The number of carboxylic acid groups (broad SMARTS) is 1. The monoisotopic (exact) mass is 360 g/mol. The Morgan fingerprint density at radius 1 is 1.32 bits per heavy atom. The van der Waals surface area contributed by atoms with Crippen LogP contribution in [0.2, 0.25) is 5.02 Å². The Morgan fingerprint density at radius 3 is 2.80 bits per heavy atom. The minimum absolute atomic E-state index is 0.0607. The molecule has 0 saturated heterocycles. The molecule has 0 aliphatic carbocycles. The van der Waals surface area contributed by atoms with Gasteiger partial charge in [-0.2, -0.15) is 5.10 Å². The molecule has 2 aromatic heterocycles. The van der Waals surface area contributed by atoms with Gasteiger partial charge in [0.2, 0.25) is 5.91 Å². The van der Waals surface area contributed by atoms with Gasteiger partial charge in [-0.05, 0) is 29.8 Å². The van der Waals surface area contributed by atoms with E-state index in [2.05, 4.69) is 15.4 Å². The summed E-state index contributed by atoms with van der Waals surface area (Å²) in [6.07, 6.45) is 3.24. The maximum atomic E-state index is 12.0. The zero-order chi connectivity index (χ0) is 18.0. The van der Waals surface area contributed by atoms with Crippen molar-refractivity contribution in [3.63, 3.8) is 0 Å². The number of nitrogens with zero attached hydrogens (tertiary/aromatic N) is 2. The number of aromatic nitrogens is 3. The van der Waals surface area contributed by atoms with Gasteiger partial charge in [0.1, 0.15) is 12.1 Å². The van der Waals surface area contributed by atoms with Crippen LogP contribution in [0, 0.1) is 0 Å². The number of halogens is 1. The van der Waals surface area contributed by atoms with E-state index >= 15 is 0 Å². The molecule has 0 aliphatic rings. The number of benzene rings is 1. The van der Waals surface area contributed by atoms with Crippen molar-refractivity contribution in [2.45, 2.75) is 13.1 Å². The number of carboxylic acids is 1. The third-order valence-electron chi connectivity index (χ3n) is 3.57. The number of rotatable bonds is 5. The molecule has 3 N–H and O–H groups in total. The summed E-state index contributed by atoms with van der Waals surface area (Å²) in [5.74, 6) is -1.58. The van der Waals surface area contributed by atoms with E-state index in [1.807, 2.05) is 0 Å². The lowest BCUT2D eigenvalue weighted by Gasteiger charge is -2.10. The summed E-state index contributed by atoms with van der Waals surface area (Å²) >= 11 is 6.06. The highest BCUT2D eigenvalue weighted by Gasteiger charge is 2.13. The van der Waals surface area contributed by atoms with Crippen LogP contribution in [0.5, 0.6) is 0 Å². The van der Waals surface area contributed by atoms with Gasteiger partial charge in [-0.25, -0.2) is 4.79 Å². The van der Waals surface area contributed by atoms with Gasteiger partial charge in [-0.3, -0.25) is 14.3 Å². The third-order valence-corrected chi connectivity index (χ3v) is 3.79. The van der Waals surface area contributed by atoms with Crippen molar-refractivity contribution in [2.24, 2.45) is 0 Å². The topological polar surface area (TPSA) is 117 Å². The number of H-pyrrole nitrogens is 1. The van der Waals surface area contributed by atoms with Crippen LogP contribution in [0.3, 0.4) is 0 Å². The van der Waals surface area contributed by atoms with E-state index in [-0.39, 0.29) is 24.6 Å². The Hall–Kier alpha value is -3.13. The van der Waals surface area contributed by atoms with E-state index in [0.717, 1.165) is 0 Å². The zero-order valence-corrected chi connectivity index (χ0v) is 13.6. The van der Waals surface area contributed by atoms with E-state index < -0.39 is 11.5 Å². The van der Waals surface area contributed by atoms with Gasteiger partial charge >= 0.3 is 5.97 Å². The molecular weight excluding hydrogens is 348 g/mol. The number of pyridine rings is 1. The second-order valence-corrected chi connectivity index (χ2v) is 5.76. The smallest absolute Gasteiger partial charge is 0.341 e. The van der Waals surface area contributed by atoms with Crippen LogP contribution < -0.4 is 10.9 Å². The summed E-state index contributed by atoms with van der Waals surface area (Å²) < 4.78 is 1.48. The Bertz CT molecular complexity index is 1010. The molecule has 0 radical (unpaired) electrons. The second kappa shape index (κ2) is 6.78. The SMILES string of the molecule is O=C(Cn1cccn1)NCc1cc(Cl)cc2cc(C(=O)O)c(=O)[nH]c12. The number of amides is 1. The quantitative estimate of drug-likeness (QED) is 0.635. The first-order chi connectivity index (χ1) is 11.9. The lowest BCUT2D eigenvalue weighted by atomic mass is 10.1. The minimum atomic E-state index is -1.32. The van der Waals surface area contributed by atoms with E-state index in [1.165, 1.54) is 10.7 Å². The van der Waals surface area contributed by atoms with Crippen molar-refractivity contribution in [3.8, 4) is 0 Å². The molecule has 0 unspecified atom stereocenters. The Labute approximate surface area is 146 Å². The zero-order valence-electron chi connectivity index (χ0n) is 12.8. The fourth-order valence-electron chi connectivity index (χ4n) is 2.44. The van der Waals surface area contributed by atoms with Crippen LogP contribution >= 0.6 is 11.6 Å². The van der Waals surface area contributed by atoms with E-state index in [4.69, 9.17) is 16.7 Å². The first-order valence-corrected chi connectivity index (χ1v) is 7.64. The number of carbonyl (C=O) groups is 2. The maximum absolute atomic E-state index is 12.0. The number of carbonyl (C=O) groups excluding carboxylic acids is 1. The summed E-state index contributed by atoms with van der Waals surface area (Å²) in [6.45, 7) is 0.185. The summed E-state index contributed by atoms with van der Waals surface area (Å²) in [7, 11) is 0. The van der Waals surface area contributed by atoms with Crippen LogP contribution in [0.4, 0.5) is 0 Å². The molecule has 0 bridgehead atoms. The molecule has 3 aromatic rings. The van der Waals surface area contributed by atoms with Gasteiger partial charge in [0, 0.05) is 29.3 Å². The molecule has 0 fully saturated rings. The van der Waals surface area contributed by atoms with Crippen LogP contribution in [0.25, 0.3) is 10.9 Å². The molecule has 1 amide bonds. The second-order valence-electron chi connectivity index (χ2n) is 5.33. The normalized spacial score (nSPS) is 10.8. The van der Waals surface area contributed by atoms with Crippen LogP contribution in [-0.2, 0) is 17.9 Å². The standard InChI is InChI=1S/C16H13ClN4O4/c17-11-4-9-6-12(16(24)25)15(23)20-14(9)10(5-11)7-18-13(22)8-21-3-1-2-19-21/h1-6H,7-8H2,(H,18,22)(H,20,23)(H,24,25). The highest BCUT2D eigenvalue weighted by molar-refractivity contribution is 6.31. The maximum Gasteiger partial charge on any atom is 0.341 e. The number of aromatic amines is 1. The van der Waals surface area contributed by atoms with Gasteiger partial charge in [0.15, 0.2) is 0 Å². The Kier molecular flexibility index (Phi) is 4.53. The summed E-state index contributed by atoms with van der Waals surface area (Å²) in [5, 5.41) is 16.5. The van der Waals surface area contributed by atoms with E-state index in [1.54, 1.807) is 30.6 Å². The van der Waals surface area contributed by atoms with Crippen LogP contribution in [0.15, 0.2) is 41.5 Å². The number of fused-ring (bicyclic) bond motifs is 1. The van der Waals surface area contributed by atoms with Crippen molar-refractivity contribution < 1.29 is 14.7 Å². The fraction of sp³-hybridized carbons (Fsp3) is 0.125. The van der Waals surface area contributed by atoms with Gasteiger partial charge in [-0.15, -0.1) is 0 Å². The molecule has 1 aromatic carbocycles. The van der Waals surface area contributed by atoms with Crippen LogP contribution in [0.1, 0.15) is 15.9 Å². The molecule has 0 aliphatic heterocycles. The molecule has 0 saturated carbocycles. The molecular formula is C16H13ClN4O4. The first kappa shape index (κ1) is 16.7. The molecule has 128 valence electrons. The van der Waals surface area contributed by atoms with Gasteiger partial charge in [0.25, 0.3) is 5.56 Å². The lowest BCUT2D eigenvalue weighted by molar-refractivity contribution is -0.122. The number of aromatic carboxylic acids is 1. The lowest BCUT2D eigenvalue weighted by Crippen LogP contribution is -2.27. The molecule has 3 rings (SSSR count). The van der Waals surface area contributed by atoms with Crippen LogP contribution in [-0.4, -0.2) is 31.7 Å². The highest BCUT2D eigenvalue weighted by Crippen LogP contribution is 2.22. The predicted molar refractivity (Wildman–Crippen MR) is 90.6 cm³/mol. The third kappa shape index (κ3) is 3.69. The number of nitrogens with one attached hydrogen (secondary N) is 2. The minimum Gasteiger partial charge on any atom is -0.477 e. The van der Waals surface area contributed by atoms with Crippen molar-refractivity contribution >= 4 is 34.4 Å². The molecule has 9 heteroatoms. The average Bonchev–Trinajstić information content (AvgIpc) is 3.05. The molecule has 2 heterocycles. The van der Waals surface area contributed by atoms with Crippen molar-refractivity contribution in [3.05, 3.63) is 63.2 Å². The summed E-state index contributed by atoms with van der Waals surface area (Å²) in [6, 6.07) is 6.13. The molecule has 8 nitrogen and oxygen atoms in total.